The van der Waals surface area contributed by atoms with E-state index in [0.717, 1.165) is 17.0 Å². The predicted molar refractivity (Wildman–Crippen MR) is 138 cm³/mol. The highest BCUT2D eigenvalue weighted by molar-refractivity contribution is 5.98. The van der Waals surface area contributed by atoms with Crippen molar-refractivity contribution in [3.8, 4) is 11.5 Å². The second-order valence-corrected chi connectivity index (χ2v) is 8.02. The van der Waals surface area contributed by atoms with Gasteiger partial charge in [-0.25, -0.2) is 0 Å². The third-order valence-electron chi connectivity index (χ3n) is 5.71. The molecule has 35 heavy (non-hydrogen) atoms. The number of nitrogens with one attached hydrogen (secondary N) is 2. The molecule has 2 N–H and O–H groups in total. The number of likely N-dealkylation sites (N-methyl/N-ethyl adjacent to an activating group) is 1. The van der Waals surface area contributed by atoms with E-state index >= 15 is 0 Å². The number of hydrogen-bond acceptors (Lipinski definition) is 5. The first-order valence-corrected chi connectivity index (χ1v) is 11.7. The van der Waals surface area contributed by atoms with Gasteiger partial charge >= 0.3 is 0 Å². The number of amides is 2. The Labute approximate surface area is 207 Å². The molecular formula is C28H33N3O4. The number of nitrogens with zero attached hydrogens (tertiary/aromatic N) is 1. The molecule has 1 atom stereocenters. The Kier molecular flexibility index (Phi) is 9.54. The van der Waals surface area contributed by atoms with Gasteiger partial charge in [-0.15, -0.1) is 0 Å². The van der Waals surface area contributed by atoms with Gasteiger partial charge < -0.3 is 25.0 Å². The Bertz CT molecular complexity index is 1090. The lowest BCUT2D eigenvalue weighted by Crippen LogP contribution is -2.50. The van der Waals surface area contributed by atoms with Crippen molar-refractivity contribution >= 4 is 17.5 Å². The van der Waals surface area contributed by atoms with Crippen molar-refractivity contribution in [2.24, 2.45) is 0 Å². The molecule has 2 amide bonds. The maximum atomic E-state index is 13.5. The van der Waals surface area contributed by atoms with Crippen LogP contribution in [0.15, 0.2) is 78.9 Å². The van der Waals surface area contributed by atoms with Crippen molar-refractivity contribution < 1.29 is 19.1 Å². The summed E-state index contributed by atoms with van der Waals surface area (Å²) in [7, 11) is 3.18. The molecule has 7 heteroatoms. The number of anilines is 1. The van der Waals surface area contributed by atoms with Crippen LogP contribution in [0, 0.1) is 0 Å². The van der Waals surface area contributed by atoms with Crippen LogP contribution in [0.25, 0.3) is 0 Å². The number of hydrogen-bond donors (Lipinski definition) is 2. The highest BCUT2D eigenvalue weighted by Gasteiger charge is 2.26. The minimum atomic E-state index is -0.697. The molecule has 0 radical (unpaired) electrons. The second-order valence-electron chi connectivity index (χ2n) is 8.02. The van der Waals surface area contributed by atoms with Gasteiger partial charge in [0, 0.05) is 37.3 Å². The molecule has 0 saturated carbocycles. The number of carbonyl (C=O) groups is 2. The average Bonchev–Trinajstić information content (AvgIpc) is 2.91. The molecule has 0 aliphatic heterocycles. The topological polar surface area (TPSA) is 79.9 Å². The lowest BCUT2D eigenvalue weighted by Gasteiger charge is -2.27. The molecule has 7 nitrogen and oxygen atoms in total. The molecule has 0 aliphatic carbocycles. The van der Waals surface area contributed by atoms with Gasteiger partial charge in [-0.1, -0.05) is 36.4 Å². The molecule has 3 aromatic carbocycles. The lowest BCUT2D eigenvalue weighted by atomic mass is 10.0. The molecule has 0 spiro atoms. The number of methoxy groups -OCH3 is 2. The minimum Gasteiger partial charge on any atom is -0.497 e. The third kappa shape index (κ3) is 7.50. The summed E-state index contributed by atoms with van der Waals surface area (Å²) in [6.45, 7) is 3.55. The van der Waals surface area contributed by atoms with E-state index in [1.54, 1.807) is 43.4 Å². The van der Waals surface area contributed by atoms with Gasteiger partial charge in [0.05, 0.1) is 14.2 Å². The van der Waals surface area contributed by atoms with Crippen LogP contribution in [-0.2, 0) is 11.2 Å². The van der Waals surface area contributed by atoms with Crippen LogP contribution >= 0.6 is 0 Å². The van der Waals surface area contributed by atoms with Gasteiger partial charge in [0.2, 0.25) is 5.91 Å². The predicted octanol–water partition coefficient (Wildman–Crippen LogP) is 4.01. The van der Waals surface area contributed by atoms with Gasteiger partial charge in [0.25, 0.3) is 5.91 Å². The molecule has 3 aromatic rings. The van der Waals surface area contributed by atoms with E-state index in [1.165, 1.54) is 0 Å². The van der Waals surface area contributed by atoms with Crippen LogP contribution in [0.3, 0.4) is 0 Å². The fraction of sp³-hybridized carbons (Fsp3) is 0.286. The number of ether oxygens (including phenoxy) is 2. The van der Waals surface area contributed by atoms with E-state index in [2.05, 4.69) is 10.6 Å². The van der Waals surface area contributed by atoms with E-state index in [9.17, 15) is 9.59 Å². The molecule has 1 unspecified atom stereocenters. The van der Waals surface area contributed by atoms with Crippen molar-refractivity contribution in [2.45, 2.75) is 19.4 Å². The van der Waals surface area contributed by atoms with E-state index < -0.39 is 6.04 Å². The SMILES string of the molecule is CCN(CCNc1ccc(OC)cc1)C(=O)C(Cc1ccccc1)NC(=O)c1cccc(OC)c1. The zero-order valence-electron chi connectivity index (χ0n) is 20.5. The van der Waals surface area contributed by atoms with E-state index in [-0.39, 0.29) is 11.8 Å². The van der Waals surface area contributed by atoms with Gasteiger partial charge in [0.15, 0.2) is 0 Å². The first-order chi connectivity index (χ1) is 17.0. The van der Waals surface area contributed by atoms with Crippen LogP contribution < -0.4 is 20.1 Å². The molecule has 0 aliphatic rings. The van der Waals surface area contributed by atoms with Crippen LogP contribution in [0.5, 0.6) is 11.5 Å². The Morgan fingerprint density at radius 2 is 1.60 bits per heavy atom. The average molecular weight is 476 g/mol. The summed E-state index contributed by atoms with van der Waals surface area (Å²) in [6.07, 6.45) is 0.401. The van der Waals surface area contributed by atoms with Gasteiger partial charge in [0.1, 0.15) is 17.5 Å². The van der Waals surface area contributed by atoms with Crippen molar-refractivity contribution in [2.75, 3.05) is 39.2 Å². The normalized spacial score (nSPS) is 11.3. The minimum absolute atomic E-state index is 0.121. The summed E-state index contributed by atoms with van der Waals surface area (Å²) >= 11 is 0. The van der Waals surface area contributed by atoms with E-state index in [1.807, 2.05) is 61.5 Å². The van der Waals surface area contributed by atoms with Crippen molar-refractivity contribution in [1.82, 2.24) is 10.2 Å². The van der Waals surface area contributed by atoms with Crippen molar-refractivity contribution in [1.29, 1.82) is 0 Å². The third-order valence-corrected chi connectivity index (χ3v) is 5.71. The summed E-state index contributed by atoms with van der Waals surface area (Å²) < 4.78 is 10.4. The molecule has 0 heterocycles. The Balaban J connectivity index is 1.69. The smallest absolute Gasteiger partial charge is 0.252 e. The van der Waals surface area contributed by atoms with Crippen LogP contribution in [0.1, 0.15) is 22.8 Å². The largest absolute Gasteiger partial charge is 0.497 e. The first-order valence-electron chi connectivity index (χ1n) is 11.7. The maximum absolute atomic E-state index is 13.5. The number of benzene rings is 3. The van der Waals surface area contributed by atoms with Crippen molar-refractivity contribution in [3.63, 3.8) is 0 Å². The summed E-state index contributed by atoms with van der Waals surface area (Å²) in [5.41, 5.74) is 2.37. The molecule has 0 aromatic heterocycles. The monoisotopic (exact) mass is 475 g/mol. The summed E-state index contributed by atoms with van der Waals surface area (Å²) in [6, 6.07) is 23.5. The molecule has 0 bridgehead atoms. The molecule has 0 fully saturated rings. The zero-order valence-corrected chi connectivity index (χ0v) is 20.5. The second kappa shape index (κ2) is 13.0. The molecule has 3 rings (SSSR count). The standard InChI is InChI=1S/C28H33N3O4/c1-4-31(18-17-29-23-13-15-24(34-2)16-14-23)28(33)26(19-21-9-6-5-7-10-21)30-27(32)22-11-8-12-25(20-22)35-3/h5-16,20,26,29H,4,17-19H2,1-3H3,(H,30,32). The number of rotatable bonds is 12. The van der Waals surface area contributed by atoms with Gasteiger partial charge in [-0.05, 0) is 55.0 Å². The highest BCUT2D eigenvalue weighted by atomic mass is 16.5. The first kappa shape index (κ1) is 25.6. The molecule has 0 saturated heterocycles. The van der Waals surface area contributed by atoms with E-state index in [4.69, 9.17) is 9.47 Å². The maximum Gasteiger partial charge on any atom is 0.252 e. The molecular weight excluding hydrogens is 442 g/mol. The Morgan fingerprint density at radius 3 is 2.26 bits per heavy atom. The van der Waals surface area contributed by atoms with Gasteiger partial charge in [-0.2, -0.15) is 0 Å². The summed E-state index contributed by atoms with van der Waals surface area (Å²) in [5.74, 6) is 0.939. The highest BCUT2D eigenvalue weighted by Crippen LogP contribution is 2.16. The molecule has 184 valence electrons. The number of carbonyl (C=O) groups excluding carboxylic acids is 2. The van der Waals surface area contributed by atoms with E-state index in [0.29, 0.717) is 37.4 Å². The fourth-order valence-electron chi connectivity index (χ4n) is 3.74. The van der Waals surface area contributed by atoms with Crippen LogP contribution in [0.2, 0.25) is 0 Å². The quantitative estimate of drug-likeness (QED) is 0.414. The van der Waals surface area contributed by atoms with Crippen LogP contribution in [0.4, 0.5) is 5.69 Å². The zero-order chi connectivity index (χ0) is 25.0. The summed E-state index contributed by atoms with van der Waals surface area (Å²) in [4.78, 5) is 28.3. The Hall–Kier alpha value is -4.00. The van der Waals surface area contributed by atoms with Crippen LogP contribution in [-0.4, -0.2) is 56.6 Å². The lowest BCUT2D eigenvalue weighted by molar-refractivity contribution is -0.132. The summed E-state index contributed by atoms with van der Waals surface area (Å²) in [5, 5.41) is 6.28. The Morgan fingerprint density at radius 1 is 0.886 bits per heavy atom. The van der Waals surface area contributed by atoms with Gasteiger partial charge in [-0.3, -0.25) is 9.59 Å². The fourth-order valence-corrected chi connectivity index (χ4v) is 3.74. The van der Waals surface area contributed by atoms with Crippen molar-refractivity contribution in [3.05, 3.63) is 90.0 Å².